The van der Waals surface area contributed by atoms with E-state index in [0.29, 0.717) is 5.82 Å². The smallest absolute Gasteiger partial charge is 0.143 e. The van der Waals surface area contributed by atoms with E-state index in [4.69, 9.17) is 10.00 Å². The van der Waals surface area contributed by atoms with Crippen LogP contribution in [0.1, 0.15) is 23.5 Å². The first-order valence-corrected chi connectivity index (χ1v) is 6.74. The molecule has 0 radical (unpaired) electrons. The predicted octanol–water partition coefficient (Wildman–Crippen LogP) is 2.84. The fourth-order valence-corrected chi connectivity index (χ4v) is 2.45. The van der Waals surface area contributed by atoms with Crippen LogP contribution >= 0.6 is 0 Å². The van der Waals surface area contributed by atoms with Crippen LogP contribution in [-0.2, 0) is 12.8 Å². The number of rotatable bonds is 2. The summed E-state index contributed by atoms with van der Waals surface area (Å²) in [5, 5.41) is 8.78. The molecule has 0 unspecified atom stereocenters. The van der Waals surface area contributed by atoms with E-state index in [0.717, 1.165) is 42.1 Å². The van der Waals surface area contributed by atoms with Gasteiger partial charge in [-0.05, 0) is 49.6 Å². The summed E-state index contributed by atoms with van der Waals surface area (Å²) in [5.41, 5.74) is 4.04. The zero-order chi connectivity index (χ0) is 13.9. The molecule has 0 amide bonds. The van der Waals surface area contributed by atoms with Crippen molar-refractivity contribution < 1.29 is 4.74 Å². The van der Waals surface area contributed by atoms with E-state index < -0.39 is 0 Å². The van der Waals surface area contributed by atoms with Gasteiger partial charge in [-0.15, -0.1) is 0 Å². The predicted molar refractivity (Wildman–Crippen MR) is 75.3 cm³/mol. The van der Waals surface area contributed by atoms with Crippen LogP contribution in [0.25, 0.3) is 11.3 Å². The van der Waals surface area contributed by atoms with Gasteiger partial charge in [0.1, 0.15) is 11.6 Å². The van der Waals surface area contributed by atoms with Crippen LogP contribution in [0.2, 0.25) is 0 Å². The molecule has 0 atom stereocenters. The highest BCUT2D eigenvalue weighted by Gasteiger charge is 2.12. The first-order chi connectivity index (χ1) is 9.76. The quantitative estimate of drug-likeness (QED) is 0.837. The van der Waals surface area contributed by atoms with Gasteiger partial charge in [-0.2, -0.15) is 5.26 Å². The van der Waals surface area contributed by atoms with E-state index in [9.17, 15) is 0 Å². The van der Waals surface area contributed by atoms with Crippen LogP contribution in [0.15, 0.2) is 24.3 Å². The zero-order valence-electron chi connectivity index (χ0n) is 11.4. The second-order valence-electron chi connectivity index (χ2n) is 4.92. The SMILES string of the molecule is Cc1cc(-c2ccc3c(c2)CCCO3)nc(CC#N)n1. The lowest BCUT2D eigenvalue weighted by Gasteiger charge is -2.17. The lowest BCUT2D eigenvalue weighted by atomic mass is 10.0. The average Bonchev–Trinajstić information content (AvgIpc) is 2.46. The van der Waals surface area contributed by atoms with Crippen molar-refractivity contribution in [3.05, 3.63) is 41.3 Å². The normalized spacial score (nSPS) is 13.2. The topological polar surface area (TPSA) is 58.8 Å². The Kier molecular flexibility index (Phi) is 3.34. The number of aromatic nitrogens is 2. The first kappa shape index (κ1) is 12.6. The monoisotopic (exact) mass is 265 g/mol. The van der Waals surface area contributed by atoms with Crippen molar-refractivity contribution in [2.24, 2.45) is 0 Å². The molecule has 1 aliphatic rings. The van der Waals surface area contributed by atoms with E-state index in [1.54, 1.807) is 0 Å². The van der Waals surface area contributed by atoms with Crippen molar-refractivity contribution in [3.8, 4) is 23.1 Å². The summed E-state index contributed by atoms with van der Waals surface area (Å²) >= 11 is 0. The molecule has 100 valence electrons. The molecule has 1 aromatic heterocycles. The van der Waals surface area contributed by atoms with Gasteiger partial charge < -0.3 is 4.74 Å². The van der Waals surface area contributed by atoms with Gasteiger partial charge >= 0.3 is 0 Å². The highest BCUT2D eigenvalue weighted by atomic mass is 16.5. The number of benzene rings is 1. The molecular weight excluding hydrogens is 250 g/mol. The summed E-state index contributed by atoms with van der Waals surface area (Å²) in [4.78, 5) is 8.75. The number of hydrogen-bond acceptors (Lipinski definition) is 4. The van der Waals surface area contributed by atoms with Crippen LogP contribution in [0.3, 0.4) is 0 Å². The van der Waals surface area contributed by atoms with Gasteiger partial charge in [0.2, 0.25) is 0 Å². The zero-order valence-corrected chi connectivity index (χ0v) is 11.4. The second kappa shape index (κ2) is 5.30. The molecule has 0 saturated carbocycles. The minimum Gasteiger partial charge on any atom is -0.493 e. The van der Waals surface area contributed by atoms with Gasteiger partial charge in [0.15, 0.2) is 0 Å². The number of ether oxygens (including phenoxy) is 1. The molecule has 0 aliphatic carbocycles. The van der Waals surface area contributed by atoms with Crippen molar-refractivity contribution in [3.63, 3.8) is 0 Å². The third-order valence-electron chi connectivity index (χ3n) is 3.34. The Morgan fingerprint density at radius 3 is 3.05 bits per heavy atom. The number of aryl methyl sites for hydroxylation is 2. The maximum atomic E-state index is 8.78. The fourth-order valence-electron chi connectivity index (χ4n) is 2.45. The lowest BCUT2D eigenvalue weighted by molar-refractivity contribution is 0.288. The Bertz CT molecular complexity index is 689. The van der Waals surface area contributed by atoms with E-state index >= 15 is 0 Å². The van der Waals surface area contributed by atoms with Crippen LogP contribution in [0.4, 0.5) is 0 Å². The van der Waals surface area contributed by atoms with Gasteiger partial charge in [-0.25, -0.2) is 9.97 Å². The Hall–Kier alpha value is -2.41. The van der Waals surface area contributed by atoms with Crippen LogP contribution in [0.5, 0.6) is 5.75 Å². The van der Waals surface area contributed by atoms with Gasteiger partial charge in [0.25, 0.3) is 0 Å². The molecule has 0 fully saturated rings. The third-order valence-corrected chi connectivity index (χ3v) is 3.34. The van der Waals surface area contributed by atoms with Gasteiger partial charge in [0.05, 0.1) is 24.8 Å². The van der Waals surface area contributed by atoms with Crippen LogP contribution in [-0.4, -0.2) is 16.6 Å². The maximum Gasteiger partial charge on any atom is 0.143 e. The molecule has 0 spiro atoms. The Labute approximate surface area is 118 Å². The molecule has 1 aromatic carbocycles. The van der Waals surface area contributed by atoms with Gasteiger partial charge in [-0.3, -0.25) is 0 Å². The van der Waals surface area contributed by atoms with Gasteiger partial charge in [-0.1, -0.05) is 0 Å². The Morgan fingerprint density at radius 1 is 1.30 bits per heavy atom. The standard InChI is InChI=1S/C16H15N3O/c1-11-9-14(19-16(18-11)6-7-17)12-4-5-15-13(10-12)3-2-8-20-15/h4-5,9-10H,2-3,6,8H2,1H3. The summed E-state index contributed by atoms with van der Waals surface area (Å²) in [6.07, 6.45) is 2.33. The van der Waals surface area contributed by atoms with Crippen LogP contribution < -0.4 is 4.74 Å². The number of nitriles is 1. The van der Waals surface area contributed by atoms with E-state index in [2.05, 4.69) is 22.1 Å². The third kappa shape index (κ3) is 2.48. The molecule has 20 heavy (non-hydrogen) atoms. The minimum atomic E-state index is 0.239. The molecule has 2 heterocycles. The van der Waals surface area contributed by atoms with Crippen molar-refractivity contribution in [2.75, 3.05) is 6.61 Å². The van der Waals surface area contributed by atoms with Crippen molar-refractivity contribution >= 4 is 0 Å². The lowest BCUT2D eigenvalue weighted by Crippen LogP contribution is -2.08. The number of hydrogen-bond donors (Lipinski definition) is 0. The molecule has 0 saturated heterocycles. The summed E-state index contributed by atoms with van der Waals surface area (Å²) < 4.78 is 5.62. The molecular formula is C16H15N3O. The Balaban J connectivity index is 2.02. The molecule has 2 aromatic rings. The van der Waals surface area contributed by atoms with Gasteiger partial charge in [0, 0.05) is 11.3 Å². The van der Waals surface area contributed by atoms with Crippen molar-refractivity contribution in [1.82, 2.24) is 9.97 Å². The number of nitrogens with zero attached hydrogens (tertiary/aromatic N) is 3. The molecule has 3 rings (SSSR count). The average molecular weight is 265 g/mol. The molecule has 4 heteroatoms. The highest BCUT2D eigenvalue weighted by Crippen LogP contribution is 2.29. The van der Waals surface area contributed by atoms with E-state index in [-0.39, 0.29) is 6.42 Å². The Morgan fingerprint density at radius 2 is 2.20 bits per heavy atom. The van der Waals surface area contributed by atoms with E-state index in [1.165, 1.54) is 5.56 Å². The molecule has 0 N–H and O–H groups in total. The largest absolute Gasteiger partial charge is 0.493 e. The molecule has 4 nitrogen and oxygen atoms in total. The summed E-state index contributed by atoms with van der Waals surface area (Å²) in [5.74, 6) is 1.56. The van der Waals surface area contributed by atoms with Crippen molar-refractivity contribution in [1.29, 1.82) is 5.26 Å². The highest BCUT2D eigenvalue weighted by molar-refractivity contribution is 5.62. The summed E-state index contributed by atoms with van der Waals surface area (Å²) in [7, 11) is 0. The second-order valence-corrected chi connectivity index (χ2v) is 4.92. The fraction of sp³-hybridized carbons (Fsp3) is 0.312. The first-order valence-electron chi connectivity index (χ1n) is 6.74. The van der Waals surface area contributed by atoms with Crippen LogP contribution in [0, 0.1) is 18.3 Å². The molecule has 1 aliphatic heterocycles. The minimum absolute atomic E-state index is 0.239. The van der Waals surface area contributed by atoms with Crippen molar-refractivity contribution in [2.45, 2.75) is 26.2 Å². The van der Waals surface area contributed by atoms with E-state index in [1.807, 2.05) is 25.1 Å². The summed E-state index contributed by atoms with van der Waals surface area (Å²) in [6.45, 7) is 2.72. The number of fused-ring (bicyclic) bond motifs is 1. The summed E-state index contributed by atoms with van der Waals surface area (Å²) in [6, 6.07) is 10.2. The maximum absolute atomic E-state index is 8.78. The molecule has 0 bridgehead atoms.